The van der Waals surface area contributed by atoms with E-state index in [4.69, 9.17) is 11.6 Å². The Kier molecular flexibility index (Phi) is 4.43. The molecule has 2 rings (SSSR count). The molecule has 0 bridgehead atoms. The van der Waals surface area contributed by atoms with E-state index in [1.165, 1.54) is 11.3 Å². The highest BCUT2D eigenvalue weighted by Crippen LogP contribution is 2.31. The standard InChI is InChI=1S/C13H10BrClO2S/c14-9-3-1-2-8(6-9)7-10(13(16)17)11-4-5-12(15)18-11/h1-6,10H,7H2,(H,16,17). The van der Waals surface area contributed by atoms with Crippen LogP contribution in [0.3, 0.4) is 0 Å². The third-order valence-electron chi connectivity index (χ3n) is 2.56. The lowest BCUT2D eigenvalue weighted by molar-refractivity contribution is -0.138. The van der Waals surface area contributed by atoms with Gasteiger partial charge < -0.3 is 5.11 Å². The molecule has 0 aliphatic heterocycles. The number of carbonyl (C=O) groups is 1. The van der Waals surface area contributed by atoms with Gasteiger partial charge in [0.25, 0.3) is 0 Å². The minimum absolute atomic E-state index is 0.464. The summed E-state index contributed by atoms with van der Waals surface area (Å²) < 4.78 is 1.57. The van der Waals surface area contributed by atoms with E-state index in [1.807, 2.05) is 24.3 Å². The number of halogens is 2. The van der Waals surface area contributed by atoms with Gasteiger partial charge in [0.1, 0.15) is 0 Å². The Labute approximate surface area is 122 Å². The summed E-state index contributed by atoms with van der Waals surface area (Å²) in [6, 6.07) is 11.2. The first-order valence-electron chi connectivity index (χ1n) is 5.29. The van der Waals surface area contributed by atoms with Crippen LogP contribution in [-0.4, -0.2) is 11.1 Å². The topological polar surface area (TPSA) is 37.3 Å². The van der Waals surface area contributed by atoms with Crippen molar-refractivity contribution in [1.29, 1.82) is 0 Å². The second-order valence-corrected chi connectivity index (χ2v) is 6.53. The number of thiophene rings is 1. The average molecular weight is 346 g/mol. The van der Waals surface area contributed by atoms with Crippen LogP contribution in [0.5, 0.6) is 0 Å². The Balaban J connectivity index is 2.24. The summed E-state index contributed by atoms with van der Waals surface area (Å²) in [7, 11) is 0. The van der Waals surface area contributed by atoms with Crippen LogP contribution < -0.4 is 0 Å². The minimum Gasteiger partial charge on any atom is -0.481 e. The monoisotopic (exact) mass is 344 g/mol. The smallest absolute Gasteiger partial charge is 0.312 e. The summed E-state index contributed by atoms with van der Waals surface area (Å²) in [6.45, 7) is 0. The van der Waals surface area contributed by atoms with Gasteiger partial charge in [-0.05, 0) is 36.2 Å². The number of carboxylic acids is 1. The number of hydrogen-bond acceptors (Lipinski definition) is 2. The van der Waals surface area contributed by atoms with Crippen LogP contribution in [-0.2, 0) is 11.2 Å². The molecule has 1 unspecified atom stereocenters. The van der Waals surface area contributed by atoms with Crippen LogP contribution in [0.15, 0.2) is 40.9 Å². The van der Waals surface area contributed by atoms with Crippen molar-refractivity contribution in [2.24, 2.45) is 0 Å². The summed E-state index contributed by atoms with van der Waals surface area (Å²) in [5, 5.41) is 9.32. The third kappa shape index (κ3) is 3.34. The maximum atomic E-state index is 11.4. The molecule has 2 aromatic rings. The Morgan fingerprint density at radius 2 is 2.17 bits per heavy atom. The fourth-order valence-corrected chi connectivity index (χ4v) is 3.33. The Morgan fingerprint density at radius 1 is 1.39 bits per heavy atom. The van der Waals surface area contributed by atoms with Crippen LogP contribution >= 0.6 is 38.9 Å². The van der Waals surface area contributed by atoms with Gasteiger partial charge >= 0.3 is 5.97 Å². The maximum Gasteiger partial charge on any atom is 0.312 e. The molecule has 1 heterocycles. The van der Waals surface area contributed by atoms with Crippen LogP contribution in [0, 0.1) is 0 Å². The highest BCUT2D eigenvalue weighted by molar-refractivity contribution is 9.10. The fourth-order valence-electron chi connectivity index (χ4n) is 1.72. The molecule has 0 fully saturated rings. The summed E-state index contributed by atoms with van der Waals surface area (Å²) in [5.41, 5.74) is 0.987. The number of benzene rings is 1. The van der Waals surface area contributed by atoms with Gasteiger partial charge in [-0.3, -0.25) is 4.79 Å². The molecule has 5 heteroatoms. The first kappa shape index (κ1) is 13.6. The lowest BCUT2D eigenvalue weighted by Gasteiger charge is -2.10. The predicted molar refractivity (Wildman–Crippen MR) is 77.6 cm³/mol. The van der Waals surface area contributed by atoms with Gasteiger partial charge in [-0.15, -0.1) is 11.3 Å². The van der Waals surface area contributed by atoms with Crippen LogP contribution in [0.25, 0.3) is 0 Å². The van der Waals surface area contributed by atoms with Crippen LogP contribution in [0.2, 0.25) is 4.34 Å². The van der Waals surface area contributed by atoms with Crippen molar-refractivity contribution >= 4 is 44.8 Å². The van der Waals surface area contributed by atoms with E-state index in [0.29, 0.717) is 10.8 Å². The fraction of sp³-hybridized carbons (Fsp3) is 0.154. The van der Waals surface area contributed by atoms with E-state index in [2.05, 4.69) is 15.9 Å². The van der Waals surface area contributed by atoms with E-state index >= 15 is 0 Å². The van der Waals surface area contributed by atoms with E-state index in [9.17, 15) is 9.90 Å². The average Bonchev–Trinajstić information content (AvgIpc) is 2.72. The zero-order chi connectivity index (χ0) is 13.1. The van der Waals surface area contributed by atoms with Crippen molar-refractivity contribution in [2.75, 3.05) is 0 Å². The van der Waals surface area contributed by atoms with Gasteiger partial charge in [-0.25, -0.2) is 0 Å². The summed E-state index contributed by atoms with van der Waals surface area (Å²) in [4.78, 5) is 12.1. The normalized spacial score (nSPS) is 12.3. The Morgan fingerprint density at radius 3 is 2.72 bits per heavy atom. The molecular weight excluding hydrogens is 336 g/mol. The van der Waals surface area contributed by atoms with E-state index < -0.39 is 11.9 Å². The molecule has 0 saturated heterocycles. The second kappa shape index (κ2) is 5.87. The predicted octanol–water partition coefficient (Wildman–Crippen LogP) is 4.57. The third-order valence-corrected chi connectivity index (χ3v) is 4.40. The number of hydrogen-bond donors (Lipinski definition) is 1. The van der Waals surface area contributed by atoms with Gasteiger partial charge in [0, 0.05) is 9.35 Å². The molecule has 94 valence electrons. The molecule has 0 aliphatic rings. The van der Waals surface area contributed by atoms with Crippen LogP contribution in [0.1, 0.15) is 16.4 Å². The van der Waals surface area contributed by atoms with Gasteiger partial charge in [0.15, 0.2) is 0 Å². The Bertz CT molecular complexity index is 568. The van der Waals surface area contributed by atoms with E-state index in [1.54, 1.807) is 12.1 Å². The summed E-state index contributed by atoms with van der Waals surface area (Å²) >= 11 is 10.6. The molecule has 0 amide bonds. The largest absolute Gasteiger partial charge is 0.481 e. The van der Waals surface area contributed by atoms with Crippen molar-refractivity contribution in [3.63, 3.8) is 0 Å². The van der Waals surface area contributed by atoms with E-state index in [-0.39, 0.29) is 0 Å². The highest BCUT2D eigenvalue weighted by Gasteiger charge is 2.22. The summed E-state index contributed by atoms with van der Waals surface area (Å²) in [6.07, 6.45) is 0.464. The van der Waals surface area contributed by atoms with Crippen molar-refractivity contribution < 1.29 is 9.90 Å². The van der Waals surface area contributed by atoms with Gasteiger partial charge in [-0.2, -0.15) is 0 Å². The molecule has 1 N–H and O–H groups in total. The number of aliphatic carboxylic acids is 1. The molecule has 0 radical (unpaired) electrons. The first-order chi connectivity index (χ1) is 8.56. The highest BCUT2D eigenvalue weighted by atomic mass is 79.9. The number of carboxylic acid groups (broad SMARTS) is 1. The molecule has 1 aromatic carbocycles. The van der Waals surface area contributed by atoms with Gasteiger partial charge in [0.2, 0.25) is 0 Å². The Hall–Kier alpha value is -0.840. The molecule has 1 aromatic heterocycles. The SMILES string of the molecule is O=C(O)C(Cc1cccc(Br)c1)c1ccc(Cl)s1. The lowest BCUT2D eigenvalue weighted by Crippen LogP contribution is -2.13. The van der Waals surface area contributed by atoms with Crippen LogP contribution in [0.4, 0.5) is 0 Å². The van der Waals surface area contributed by atoms with E-state index in [0.717, 1.165) is 14.9 Å². The van der Waals surface area contributed by atoms with Crippen molar-refractivity contribution in [3.8, 4) is 0 Å². The van der Waals surface area contributed by atoms with Gasteiger partial charge in [-0.1, -0.05) is 39.7 Å². The molecule has 0 aliphatic carbocycles. The van der Waals surface area contributed by atoms with Crippen molar-refractivity contribution in [1.82, 2.24) is 0 Å². The minimum atomic E-state index is -0.825. The van der Waals surface area contributed by atoms with Crippen molar-refractivity contribution in [3.05, 3.63) is 55.6 Å². The number of rotatable bonds is 4. The quantitative estimate of drug-likeness (QED) is 0.881. The zero-order valence-electron chi connectivity index (χ0n) is 9.27. The van der Waals surface area contributed by atoms with Crippen molar-refractivity contribution in [2.45, 2.75) is 12.3 Å². The lowest BCUT2D eigenvalue weighted by atomic mass is 9.98. The molecular formula is C13H10BrClO2S. The molecule has 0 spiro atoms. The maximum absolute atomic E-state index is 11.4. The molecule has 18 heavy (non-hydrogen) atoms. The molecule has 0 saturated carbocycles. The van der Waals surface area contributed by atoms with Gasteiger partial charge in [0.05, 0.1) is 10.3 Å². The zero-order valence-corrected chi connectivity index (χ0v) is 12.4. The molecule has 1 atom stereocenters. The molecule has 2 nitrogen and oxygen atoms in total. The first-order valence-corrected chi connectivity index (χ1v) is 7.27. The summed E-state index contributed by atoms with van der Waals surface area (Å²) in [5.74, 6) is -1.37. The second-order valence-electron chi connectivity index (χ2n) is 3.87.